The Labute approximate surface area is 84.1 Å². The van der Waals surface area contributed by atoms with Crippen LogP contribution in [0.15, 0.2) is 29.4 Å². The van der Waals surface area contributed by atoms with E-state index in [9.17, 15) is 0 Å². The van der Waals surface area contributed by atoms with Gasteiger partial charge in [-0.2, -0.15) is 0 Å². The lowest BCUT2D eigenvalue weighted by Gasteiger charge is -2.06. The molecule has 76 valence electrons. The van der Waals surface area contributed by atoms with Gasteiger partial charge in [0.1, 0.15) is 5.75 Å². The van der Waals surface area contributed by atoms with Crippen molar-refractivity contribution in [2.75, 3.05) is 6.61 Å². The van der Waals surface area contributed by atoms with Crippen LogP contribution in [0, 0.1) is 0 Å². The van der Waals surface area contributed by atoms with Crippen LogP contribution in [-0.2, 0) is 6.54 Å². The van der Waals surface area contributed by atoms with Crippen LogP contribution < -0.4 is 4.74 Å². The minimum Gasteiger partial charge on any atom is -0.494 e. The normalized spacial score (nSPS) is 8.36. The number of nitrogens with zero attached hydrogens (tertiary/aromatic N) is 3. The van der Waals surface area contributed by atoms with Gasteiger partial charge in [-0.15, -0.1) is 0 Å². The van der Waals surface area contributed by atoms with Crippen LogP contribution in [0.1, 0.15) is 19.9 Å². The number of rotatable bonds is 4. The van der Waals surface area contributed by atoms with Gasteiger partial charge in [-0.1, -0.05) is 30.7 Å². The number of hydrogen-bond donors (Lipinski definition) is 0. The van der Waals surface area contributed by atoms with Gasteiger partial charge < -0.3 is 4.74 Å². The molecule has 14 heavy (non-hydrogen) atoms. The zero-order valence-corrected chi connectivity index (χ0v) is 7.47. The van der Waals surface area contributed by atoms with E-state index < -0.39 is 0 Å². The van der Waals surface area contributed by atoms with Gasteiger partial charge in [0.15, 0.2) is 0 Å². The monoisotopic (exact) mass is 193 g/mol. The van der Waals surface area contributed by atoms with Crippen LogP contribution in [0.3, 0.4) is 0 Å². The molecule has 0 N–H and O–H groups in total. The fraction of sp³-hybridized carbons (Fsp3) is 0.400. The molecule has 0 aliphatic heterocycles. The zero-order chi connectivity index (χ0) is 9.52. The molecular formula is C10H15N3O. The molecule has 0 bridgehead atoms. The molecule has 0 fully saturated rings. The SMILES string of the molecule is C.CCOc1ccccc1CN=[N+]=[N-]. The lowest BCUT2D eigenvalue weighted by molar-refractivity contribution is 0.336. The molecule has 0 aliphatic rings. The molecule has 0 heterocycles. The van der Waals surface area contributed by atoms with Crippen LogP contribution in [0.25, 0.3) is 10.4 Å². The Kier molecular flexibility index (Phi) is 5.99. The summed E-state index contributed by atoms with van der Waals surface area (Å²) < 4.78 is 5.35. The Bertz CT molecular complexity index is 319. The summed E-state index contributed by atoms with van der Waals surface area (Å²) in [6.45, 7) is 2.88. The Morgan fingerprint density at radius 3 is 2.79 bits per heavy atom. The highest BCUT2D eigenvalue weighted by Gasteiger charge is 1.99. The Morgan fingerprint density at radius 1 is 1.43 bits per heavy atom. The van der Waals surface area contributed by atoms with Crippen LogP contribution >= 0.6 is 0 Å². The van der Waals surface area contributed by atoms with E-state index in [1.165, 1.54) is 0 Å². The van der Waals surface area contributed by atoms with Crippen molar-refractivity contribution in [1.29, 1.82) is 0 Å². The predicted molar refractivity (Wildman–Crippen MR) is 57.2 cm³/mol. The van der Waals surface area contributed by atoms with E-state index in [0.717, 1.165) is 11.3 Å². The van der Waals surface area contributed by atoms with Crippen LogP contribution in [-0.4, -0.2) is 6.61 Å². The second kappa shape index (κ2) is 6.80. The summed E-state index contributed by atoms with van der Waals surface area (Å²) in [5.41, 5.74) is 9.08. The van der Waals surface area contributed by atoms with Gasteiger partial charge in [0.2, 0.25) is 0 Å². The van der Waals surface area contributed by atoms with Gasteiger partial charge in [-0.3, -0.25) is 0 Å². The van der Waals surface area contributed by atoms with E-state index in [1.54, 1.807) is 0 Å². The number of hydrogen-bond acceptors (Lipinski definition) is 2. The standard InChI is InChI=1S/C9H11N3O.CH4/c1-2-13-9-6-4-3-5-8(9)7-11-12-10;/h3-6H,2,7H2,1H3;1H4. The maximum Gasteiger partial charge on any atom is 0.122 e. The molecule has 0 unspecified atom stereocenters. The maximum absolute atomic E-state index is 8.17. The largest absolute Gasteiger partial charge is 0.494 e. The van der Waals surface area contributed by atoms with Crippen molar-refractivity contribution in [3.8, 4) is 5.75 Å². The number of para-hydroxylation sites is 1. The summed E-state index contributed by atoms with van der Waals surface area (Å²) in [6, 6.07) is 7.54. The summed E-state index contributed by atoms with van der Waals surface area (Å²) >= 11 is 0. The van der Waals surface area contributed by atoms with E-state index in [4.69, 9.17) is 10.3 Å². The average Bonchev–Trinajstić information content (AvgIpc) is 2.17. The fourth-order valence-corrected chi connectivity index (χ4v) is 1.04. The van der Waals surface area contributed by atoms with Gasteiger partial charge in [0.05, 0.1) is 13.2 Å². The van der Waals surface area contributed by atoms with Gasteiger partial charge in [0, 0.05) is 4.91 Å². The predicted octanol–water partition coefficient (Wildman–Crippen LogP) is 3.53. The average molecular weight is 193 g/mol. The minimum atomic E-state index is 0. The highest BCUT2D eigenvalue weighted by atomic mass is 16.5. The lowest BCUT2D eigenvalue weighted by Crippen LogP contribution is -1.95. The van der Waals surface area contributed by atoms with Crippen molar-refractivity contribution in [3.05, 3.63) is 40.3 Å². The quantitative estimate of drug-likeness (QED) is 0.410. The smallest absolute Gasteiger partial charge is 0.122 e. The number of ether oxygens (including phenoxy) is 1. The van der Waals surface area contributed by atoms with E-state index in [1.807, 2.05) is 31.2 Å². The maximum atomic E-state index is 8.17. The van der Waals surface area contributed by atoms with E-state index in [-0.39, 0.29) is 7.43 Å². The van der Waals surface area contributed by atoms with Crippen molar-refractivity contribution >= 4 is 0 Å². The first-order valence-corrected chi connectivity index (χ1v) is 4.10. The molecule has 1 rings (SSSR count). The summed E-state index contributed by atoms with van der Waals surface area (Å²) in [5, 5.41) is 3.49. The first-order valence-electron chi connectivity index (χ1n) is 4.10. The summed E-state index contributed by atoms with van der Waals surface area (Å²) in [5.74, 6) is 0.789. The molecule has 0 radical (unpaired) electrons. The Balaban J connectivity index is 0.00000169. The summed E-state index contributed by atoms with van der Waals surface area (Å²) in [7, 11) is 0. The van der Waals surface area contributed by atoms with E-state index in [0.29, 0.717) is 13.2 Å². The molecule has 1 aromatic carbocycles. The first kappa shape index (κ1) is 12.3. The zero-order valence-electron chi connectivity index (χ0n) is 7.47. The van der Waals surface area contributed by atoms with Crippen LogP contribution in [0.2, 0.25) is 0 Å². The third kappa shape index (κ3) is 3.37. The van der Waals surface area contributed by atoms with Crippen molar-refractivity contribution in [3.63, 3.8) is 0 Å². The van der Waals surface area contributed by atoms with E-state index >= 15 is 0 Å². The Morgan fingerprint density at radius 2 is 2.14 bits per heavy atom. The fourth-order valence-electron chi connectivity index (χ4n) is 1.04. The van der Waals surface area contributed by atoms with Gasteiger partial charge in [-0.05, 0) is 24.1 Å². The molecule has 1 aromatic rings. The van der Waals surface area contributed by atoms with Gasteiger partial charge in [-0.25, -0.2) is 0 Å². The molecule has 0 saturated carbocycles. The van der Waals surface area contributed by atoms with Crippen LogP contribution in [0.4, 0.5) is 0 Å². The first-order chi connectivity index (χ1) is 6.38. The van der Waals surface area contributed by atoms with Gasteiger partial charge >= 0.3 is 0 Å². The molecule has 0 saturated heterocycles. The second-order valence-corrected chi connectivity index (χ2v) is 2.43. The molecular weight excluding hydrogens is 178 g/mol. The minimum absolute atomic E-state index is 0. The molecule has 0 amide bonds. The molecule has 0 aliphatic carbocycles. The van der Waals surface area contributed by atoms with Crippen LogP contribution in [0.5, 0.6) is 5.75 Å². The molecule has 4 heteroatoms. The topological polar surface area (TPSA) is 58.0 Å². The molecule has 0 spiro atoms. The molecule has 0 atom stereocenters. The summed E-state index contributed by atoms with van der Waals surface area (Å²) in [4.78, 5) is 2.70. The second-order valence-electron chi connectivity index (χ2n) is 2.43. The highest BCUT2D eigenvalue weighted by Crippen LogP contribution is 2.18. The molecule has 4 nitrogen and oxygen atoms in total. The van der Waals surface area contributed by atoms with Crippen molar-refractivity contribution in [2.45, 2.75) is 20.9 Å². The Hall–Kier alpha value is -1.67. The highest BCUT2D eigenvalue weighted by molar-refractivity contribution is 5.33. The van der Waals surface area contributed by atoms with Crippen molar-refractivity contribution < 1.29 is 4.74 Å². The number of benzene rings is 1. The van der Waals surface area contributed by atoms with E-state index in [2.05, 4.69) is 10.0 Å². The van der Waals surface area contributed by atoms with Crippen molar-refractivity contribution in [1.82, 2.24) is 0 Å². The third-order valence-corrected chi connectivity index (χ3v) is 1.58. The lowest BCUT2D eigenvalue weighted by atomic mass is 10.2. The van der Waals surface area contributed by atoms with Gasteiger partial charge in [0.25, 0.3) is 0 Å². The van der Waals surface area contributed by atoms with Crippen molar-refractivity contribution in [2.24, 2.45) is 5.11 Å². The third-order valence-electron chi connectivity index (χ3n) is 1.58. The summed E-state index contributed by atoms with van der Waals surface area (Å²) in [6.07, 6.45) is 0. The number of azide groups is 1. The molecule has 0 aromatic heterocycles.